The molecule has 3 nitrogen and oxygen atoms in total. The number of aliphatic carboxylic acids is 1. The number of carboxylic acid groups (broad SMARTS) is 1. The molecule has 1 rings (SSSR count). The van der Waals surface area contributed by atoms with Gasteiger partial charge in [0.25, 0.3) is 0 Å². The molecule has 1 N–H and O–H groups in total. The van der Waals surface area contributed by atoms with E-state index in [1.165, 1.54) is 0 Å². The SMILES string of the molecule is CC(C)C1=N[C@H](C(=O)O)CC1. The van der Waals surface area contributed by atoms with Crippen LogP contribution in [0.25, 0.3) is 0 Å². The fraction of sp³-hybridized carbons (Fsp3) is 0.750. The molecule has 3 heteroatoms. The van der Waals surface area contributed by atoms with Gasteiger partial charge < -0.3 is 5.11 Å². The summed E-state index contributed by atoms with van der Waals surface area (Å²) in [4.78, 5) is 14.6. The molecular formula is C8H13NO2. The Morgan fingerprint density at radius 2 is 2.36 bits per heavy atom. The van der Waals surface area contributed by atoms with E-state index in [0.717, 1.165) is 12.1 Å². The second-order valence-corrected chi connectivity index (χ2v) is 3.17. The summed E-state index contributed by atoms with van der Waals surface area (Å²) in [7, 11) is 0. The van der Waals surface area contributed by atoms with Gasteiger partial charge in [-0.2, -0.15) is 0 Å². The average molecular weight is 155 g/mol. The molecule has 1 atom stereocenters. The maximum Gasteiger partial charge on any atom is 0.328 e. The maximum absolute atomic E-state index is 10.5. The van der Waals surface area contributed by atoms with E-state index < -0.39 is 12.0 Å². The van der Waals surface area contributed by atoms with Crippen molar-refractivity contribution in [2.75, 3.05) is 0 Å². The highest BCUT2D eigenvalue weighted by molar-refractivity contribution is 5.91. The lowest BCUT2D eigenvalue weighted by Gasteiger charge is -2.00. The predicted molar refractivity (Wildman–Crippen MR) is 42.9 cm³/mol. The molecule has 0 aromatic carbocycles. The Balaban J connectivity index is 2.61. The molecule has 11 heavy (non-hydrogen) atoms. The lowest BCUT2D eigenvalue weighted by Crippen LogP contribution is -2.13. The molecule has 0 aromatic rings. The molecule has 0 aliphatic carbocycles. The number of hydrogen-bond donors (Lipinski definition) is 1. The first-order chi connectivity index (χ1) is 5.11. The van der Waals surface area contributed by atoms with Gasteiger partial charge in [-0.15, -0.1) is 0 Å². The van der Waals surface area contributed by atoms with Crippen LogP contribution in [-0.2, 0) is 4.79 Å². The van der Waals surface area contributed by atoms with Gasteiger partial charge in [-0.3, -0.25) is 4.99 Å². The molecule has 0 fully saturated rings. The zero-order valence-corrected chi connectivity index (χ0v) is 6.87. The number of nitrogens with zero attached hydrogens (tertiary/aromatic N) is 1. The molecule has 1 heterocycles. The zero-order chi connectivity index (χ0) is 8.43. The summed E-state index contributed by atoms with van der Waals surface area (Å²) in [6.45, 7) is 4.09. The molecule has 0 bridgehead atoms. The van der Waals surface area contributed by atoms with Crippen molar-refractivity contribution in [3.63, 3.8) is 0 Å². The van der Waals surface area contributed by atoms with Crippen molar-refractivity contribution < 1.29 is 9.90 Å². The number of hydrogen-bond acceptors (Lipinski definition) is 2. The summed E-state index contributed by atoms with van der Waals surface area (Å²) in [5, 5.41) is 8.61. The first-order valence-corrected chi connectivity index (χ1v) is 3.90. The Morgan fingerprint density at radius 3 is 2.64 bits per heavy atom. The molecule has 62 valence electrons. The Kier molecular flexibility index (Phi) is 2.27. The summed E-state index contributed by atoms with van der Waals surface area (Å²) in [6, 6.07) is -0.465. The van der Waals surface area contributed by atoms with Crippen molar-refractivity contribution in [2.24, 2.45) is 10.9 Å². The van der Waals surface area contributed by atoms with E-state index in [9.17, 15) is 4.79 Å². The standard InChI is InChI=1S/C8H13NO2/c1-5(2)6-3-4-7(9-6)8(10)11/h5,7H,3-4H2,1-2H3,(H,10,11)/t7-/m0/s1. The fourth-order valence-corrected chi connectivity index (χ4v) is 1.23. The Hall–Kier alpha value is -0.860. The smallest absolute Gasteiger partial charge is 0.328 e. The van der Waals surface area contributed by atoms with Crippen LogP contribution < -0.4 is 0 Å². The molecule has 1 aliphatic heterocycles. The lowest BCUT2D eigenvalue weighted by atomic mass is 10.1. The maximum atomic E-state index is 10.5. The van der Waals surface area contributed by atoms with Gasteiger partial charge in [0, 0.05) is 5.71 Å². The molecule has 1 aliphatic rings. The van der Waals surface area contributed by atoms with Crippen LogP contribution in [0, 0.1) is 5.92 Å². The molecule has 0 spiro atoms. The van der Waals surface area contributed by atoms with Crippen molar-refractivity contribution in [1.29, 1.82) is 0 Å². The molecule has 0 unspecified atom stereocenters. The van der Waals surface area contributed by atoms with Crippen LogP contribution in [0.5, 0.6) is 0 Å². The second kappa shape index (κ2) is 3.03. The van der Waals surface area contributed by atoms with Crippen LogP contribution in [0.15, 0.2) is 4.99 Å². The second-order valence-electron chi connectivity index (χ2n) is 3.17. The van der Waals surface area contributed by atoms with Gasteiger partial charge in [0.05, 0.1) is 0 Å². The largest absolute Gasteiger partial charge is 0.480 e. The first kappa shape index (κ1) is 8.24. The molecule has 0 radical (unpaired) electrons. The molecule has 0 saturated carbocycles. The fourth-order valence-electron chi connectivity index (χ4n) is 1.23. The highest BCUT2D eigenvalue weighted by atomic mass is 16.4. The molecule has 0 aromatic heterocycles. The number of carboxylic acids is 1. The zero-order valence-electron chi connectivity index (χ0n) is 6.87. The lowest BCUT2D eigenvalue weighted by molar-refractivity contribution is -0.138. The van der Waals surface area contributed by atoms with Crippen molar-refractivity contribution >= 4 is 11.7 Å². The van der Waals surface area contributed by atoms with Crippen LogP contribution in [-0.4, -0.2) is 22.8 Å². The first-order valence-electron chi connectivity index (χ1n) is 3.90. The predicted octanol–water partition coefficient (Wildman–Crippen LogP) is 1.33. The highest BCUT2D eigenvalue weighted by Gasteiger charge is 2.24. The van der Waals surface area contributed by atoms with Gasteiger partial charge in [0.1, 0.15) is 6.04 Å². The molecule has 0 saturated heterocycles. The summed E-state index contributed by atoms with van der Waals surface area (Å²) in [6.07, 6.45) is 1.54. The summed E-state index contributed by atoms with van der Waals surface area (Å²) in [5.74, 6) is -0.389. The summed E-state index contributed by atoms with van der Waals surface area (Å²) < 4.78 is 0. The van der Waals surface area contributed by atoms with Gasteiger partial charge in [0.15, 0.2) is 0 Å². The molecule has 0 amide bonds. The van der Waals surface area contributed by atoms with Crippen LogP contribution in [0.4, 0.5) is 0 Å². The van der Waals surface area contributed by atoms with Gasteiger partial charge in [-0.1, -0.05) is 13.8 Å². The Labute approximate surface area is 66.1 Å². The van der Waals surface area contributed by atoms with Crippen LogP contribution in [0.2, 0.25) is 0 Å². The summed E-state index contributed by atoms with van der Waals surface area (Å²) >= 11 is 0. The minimum atomic E-state index is -0.791. The summed E-state index contributed by atoms with van der Waals surface area (Å²) in [5.41, 5.74) is 1.05. The Morgan fingerprint density at radius 1 is 1.73 bits per heavy atom. The van der Waals surface area contributed by atoms with Gasteiger partial charge in [-0.05, 0) is 18.8 Å². The normalized spacial score (nSPS) is 23.9. The van der Waals surface area contributed by atoms with E-state index in [4.69, 9.17) is 5.11 Å². The van der Waals surface area contributed by atoms with E-state index >= 15 is 0 Å². The van der Waals surface area contributed by atoms with E-state index in [2.05, 4.69) is 4.99 Å². The number of carbonyl (C=O) groups is 1. The quantitative estimate of drug-likeness (QED) is 0.654. The minimum Gasteiger partial charge on any atom is -0.480 e. The van der Waals surface area contributed by atoms with Crippen molar-refractivity contribution in [3.05, 3.63) is 0 Å². The third kappa shape index (κ3) is 1.79. The monoisotopic (exact) mass is 155 g/mol. The van der Waals surface area contributed by atoms with Crippen LogP contribution in [0.3, 0.4) is 0 Å². The highest BCUT2D eigenvalue weighted by Crippen LogP contribution is 2.17. The topological polar surface area (TPSA) is 49.7 Å². The van der Waals surface area contributed by atoms with E-state index in [1.807, 2.05) is 13.8 Å². The van der Waals surface area contributed by atoms with Crippen molar-refractivity contribution in [3.8, 4) is 0 Å². The number of aliphatic imine (C=N–C) groups is 1. The van der Waals surface area contributed by atoms with Gasteiger partial charge in [-0.25, -0.2) is 4.79 Å². The van der Waals surface area contributed by atoms with Crippen LogP contribution in [0.1, 0.15) is 26.7 Å². The van der Waals surface area contributed by atoms with Crippen molar-refractivity contribution in [2.45, 2.75) is 32.7 Å². The van der Waals surface area contributed by atoms with Crippen LogP contribution >= 0.6 is 0 Å². The van der Waals surface area contributed by atoms with Gasteiger partial charge in [0.2, 0.25) is 0 Å². The third-order valence-electron chi connectivity index (χ3n) is 1.95. The van der Waals surface area contributed by atoms with Gasteiger partial charge >= 0.3 is 5.97 Å². The van der Waals surface area contributed by atoms with E-state index in [-0.39, 0.29) is 0 Å². The van der Waals surface area contributed by atoms with E-state index in [0.29, 0.717) is 12.3 Å². The van der Waals surface area contributed by atoms with E-state index in [1.54, 1.807) is 0 Å². The minimum absolute atomic E-state index is 0.402. The third-order valence-corrected chi connectivity index (χ3v) is 1.95. The van der Waals surface area contributed by atoms with Crippen molar-refractivity contribution in [1.82, 2.24) is 0 Å². The molecular weight excluding hydrogens is 142 g/mol. The Bertz CT molecular complexity index is 196. The number of rotatable bonds is 2. The average Bonchev–Trinajstić information content (AvgIpc) is 2.33.